The lowest BCUT2D eigenvalue weighted by Gasteiger charge is -2.17. The van der Waals surface area contributed by atoms with E-state index in [1.165, 1.54) is 14.2 Å². The Labute approximate surface area is 113 Å². The van der Waals surface area contributed by atoms with Gasteiger partial charge in [-0.15, -0.1) is 0 Å². The van der Waals surface area contributed by atoms with Crippen LogP contribution in [0.2, 0.25) is 0 Å². The van der Waals surface area contributed by atoms with E-state index >= 15 is 0 Å². The lowest BCUT2D eigenvalue weighted by Crippen LogP contribution is -2.30. The van der Waals surface area contributed by atoms with Crippen molar-refractivity contribution in [2.75, 3.05) is 26.4 Å². The van der Waals surface area contributed by atoms with Gasteiger partial charge in [0.05, 0.1) is 19.3 Å². The maximum absolute atomic E-state index is 12.1. The van der Waals surface area contributed by atoms with Crippen LogP contribution < -0.4 is 5.73 Å². The third-order valence-electron chi connectivity index (χ3n) is 2.73. The van der Waals surface area contributed by atoms with Crippen molar-refractivity contribution in [3.63, 3.8) is 0 Å². The van der Waals surface area contributed by atoms with E-state index in [2.05, 4.69) is 4.74 Å². The summed E-state index contributed by atoms with van der Waals surface area (Å²) in [5, 5.41) is 0. The number of hydrogen-bond acceptors (Lipinski definition) is 5. The van der Waals surface area contributed by atoms with Crippen molar-refractivity contribution in [3.8, 4) is 0 Å². The monoisotopic (exact) mass is 286 g/mol. The molecule has 0 aliphatic heterocycles. The first kappa shape index (κ1) is 15.5. The first-order chi connectivity index (χ1) is 8.86. The third-order valence-corrected chi connectivity index (χ3v) is 4.53. The fourth-order valence-electron chi connectivity index (χ4n) is 1.46. The largest absolute Gasteiger partial charge is 0.469 e. The summed E-state index contributed by atoms with van der Waals surface area (Å²) in [5.41, 5.74) is 6.70. The summed E-state index contributed by atoms with van der Waals surface area (Å²) >= 11 is 0. The molecule has 0 radical (unpaired) electrons. The van der Waals surface area contributed by atoms with E-state index in [1.54, 1.807) is 24.3 Å². The second-order valence-corrected chi connectivity index (χ2v) is 6.18. The topological polar surface area (TPSA) is 89.7 Å². The second kappa shape index (κ2) is 6.53. The molecule has 0 saturated heterocycles. The molecule has 0 spiro atoms. The summed E-state index contributed by atoms with van der Waals surface area (Å²) in [4.78, 5) is 11.0. The Balaban J connectivity index is 2.70. The van der Waals surface area contributed by atoms with Crippen LogP contribution in [0.3, 0.4) is 0 Å². The van der Waals surface area contributed by atoms with Crippen molar-refractivity contribution >= 4 is 21.7 Å². The van der Waals surface area contributed by atoms with Gasteiger partial charge in [0.1, 0.15) is 0 Å². The molecule has 7 heteroatoms. The second-order valence-electron chi connectivity index (χ2n) is 4.10. The molecule has 2 N–H and O–H groups in total. The number of esters is 1. The first-order valence-corrected chi connectivity index (χ1v) is 7.32. The highest BCUT2D eigenvalue weighted by atomic mass is 32.2. The molecule has 0 saturated carbocycles. The third kappa shape index (κ3) is 4.53. The highest BCUT2D eigenvalue weighted by molar-refractivity contribution is 7.88. The number of nitrogen functional groups attached to an aromatic ring is 1. The van der Waals surface area contributed by atoms with Crippen LogP contribution in [0.15, 0.2) is 24.3 Å². The van der Waals surface area contributed by atoms with Crippen LogP contribution in [0.1, 0.15) is 12.0 Å². The van der Waals surface area contributed by atoms with Crippen molar-refractivity contribution in [2.24, 2.45) is 0 Å². The highest BCUT2D eigenvalue weighted by Gasteiger charge is 2.20. The zero-order chi connectivity index (χ0) is 14.5. The molecular formula is C12H18N2O4S. The van der Waals surface area contributed by atoms with Gasteiger partial charge in [0.25, 0.3) is 0 Å². The number of ether oxygens (including phenoxy) is 1. The van der Waals surface area contributed by atoms with Crippen molar-refractivity contribution in [3.05, 3.63) is 29.8 Å². The highest BCUT2D eigenvalue weighted by Crippen LogP contribution is 2.16. The van der Waals surface area contributed by atoms with Gasteiger partial charge in [-0.25, -0.2) is 12.7 Å². The van der Waals surface area contributed by atoms with E-state index in [-0.39, 0.29) is 18.7 Å². The standard InChI is InChI=1S/C12H18N2O4S/c1-14(8-7-12(15)18-2)19(16,17)9-10-5-3-4-6-11(10)13/h3-6H,7-9,13H2,1-2H3. The van der Waals surface area contributed by atoms with Gasteiger partial charge in [0.2, 0.25) is 10.0 Å². The summed E-state index contributed by atoms with van der Waals surface area (Å²) in [6, 6.07) is 6.79. The van der Waals surface area contributed by atoms with Crippen LogP contribution in [-0.2, 0) is 25.3 Å². The number of rotatable bonds is 6. The Morgan fingerprint density at radius 2 is 2.00 bits per heavy atom. The lowest BCUT2D eigenvalue weighted by molar-refractivity contribution is -0.140. The Hall–Kier alpha value is -1.60. The van der Waals surface area contributed by atoms with Gasteiger partial charge >= 0.3 is 5.97 Å². The smallest absolute Gasteiger partial charge is 0.306 e. The van der Waals surface area contributed by atoms with E-state index in [0.717, 1.165) is 4.31 Å². The minimum atomic E-state index is -3.49. The number of hydrogen-bond donors (Lipinski definition) is 1. The molecule has 0 aliphatic rings. The van der Waals surface area contributed by atoms with E-state index in [0.29, 0.717) is 11.3 Å². The molecule has 0 amide bonds. The SMILES string of the molecule is COC(=O)CCN(C)S(=O)(=O)Cc1ccccc1N. The molecule has 6 nitrogen and oxygen atoms in total. The van der Waals surface area contributed by atoms with E-state index in [9.17, 15) is 13.2 Å². The Bertz CT molecular complexity index is 542. The minimum Gasteiger partial charge on any atom is -0.469 e. The van der Waals surface area contributed by atoms with E-state index in [1.807, 2.05) is 0 Å². The van der Waals surface area contributed by atoms with Gasteiger partial charge in [-0.2, -0.15) is 0 Å². The fraction of sp³-hybridized carbons (Fsp3) is 0.417. The molecule has 1 aromatic rings. The normalized spacial score (nSPS) is 11.5. The molecule has 0 aliphatic carbocycles. The maximum Gasteiger partial charge on any atom is 0.306 e. The summed E-state index contributed by atoms with van der Waals surface area (Å²) in [7, 11) is -0.801. The van der Waals surface area contributed by atoms with Gasteiger partial charge < -0.3 is 10.5 Å². The quantitative estimate of drug-likeness (QED) is 0.610. The van der Waals surface area contributed by atoms with Crippen LogP contribution in [0.4, 0.5) is 5.69 Å². The number of carbonyl (C=O) groups excluding carboxylic acids is 1. The van der Waals surface area contributed by atoms with Gasteiger partial charge in [-0.1, -0.05) is 18.2 Å². The van der Waals surface area contributed by atoms with E-state index in [4.69, 9.17) is 5.73 Å². The van der Waals surface area contributed by atoms with Gasteiger partial charge in [-0.3, -0.25) is 4.79 Å². The average Bonchev–Trinajstić information content (AvgIpc) is 2.37. The van der Waals surface area contributed by atoms with Gasteiger partial charge in [-0.05, 0) is 11.6 Å². The van der Waals surface area contributed by atoms with Gasteiger partial charge in [0, 0.05) is 19.3 Å². The van der Waals surface area contributed by atoms with Crippen molar-refractivity contribution in [1.29, 1.82) is 0 Å². The van der Waals surface area contributed by atoms with Crippen molar-refractivity contribution in [1.82, 2.24) is 4.31 Å². The maximum atomic E-state index is 12.1. The molecule has 0 fully saturated rings. The molecule has 19 heavy (non-hydrogen) atoms. The first-order valence-electron chi connectivity index (χ1n) is 5.71. The predicted molar refractivity (Wildman–Crippen MR) is 72.7 cm³/mol. The summed E-state index contributed by atoms with van der Waals surface area (Å²) in [5.74, 6) is -0.626. The number of nitrogens with two attached hydrogens (primary N) is 1. The molecule has 0 aromatic heterocycles. The lowest BCUT2D eigenvalue weighted by atomic mass is 10.2. The van der Waals surface area contributed by atoms with Gasteiger partial charge in [0.15, 0.2) is 0 Å². The predicted octanol–water partition coefficient (Wildman–Crippen LogP) is 0.593. The molecule has 106 valence electrons. The number of carbonyl (C=O) groups is 1. The van der Waals surface area contributed by atoms with Crippen LogP contribution in [0.5, 0.6) is 0 Å². The molecule has 0 atom stereocenters. The van der Waals surface area contributed by atoms with Crippen LogP contribution in [0.25, 0.3) is 0 Å². The number of benzene rings is 1. The molecule has 1 aromatic carbocycles. The Kier molecular flexibility index (Phi) is 5.31. The van der Waals surface area contributed by atoms with Crippen LogP contribution in [-0.4, -0.2) is 39.4 Å². The zero-order valence-corrected chi connectivity index (χ0v) is 11.8. The number of sulfonamides is 1. The number of anilines is 1. The molecular weight excluding hydrogens is 268 g/mol. The molecule has 0 unspecified atom stereocenters. The average molecular weight is 286 g/mol. The van der Waals surface area contributed by atoms with E-state index < -0.39 is 16.0 Å². The molecule has 0 bridgehead atoms. The van der Waals surface area contributed by atoms with Crippen molar-refractivity contribution < 1.29 is 17.9 Å². The number of methoxy groups -OCH3 is 1. The Morgan fingerprint density at radius 3 is 2.58 bits per heavy atom. The number of nitrogens with zero attached hydrogens (tertiary/aromatic N) is 1. The van der Waals surface area contributed by atoms with Crippen molar-refractivity contribution in [2.45, 2.75) is 12.2 Å². The summed E-state index contributed by atoms with van der Waals surface area (Å²) < 4.78 is 29.7. The molecule has 1 rings (SSSR count). The summed E-state index contributed by atoms with van der Waals surface area (Å²) in [6.45, 7) is 0.0851. The molecule has 0 heterocycles. The van der Waals surface area contributed by atoms with Crippen LogP contribution in [0, 0.1) is 0 Å². The zero-order valence-electron chi connectivity index (χ0n) is 11.0. The summed E-state index contributed by atoms with van der Waals surface area (Å²) in [6.07, 6.45) is 0.0243. The fourth-order valence-corrected chi connectivity index (χ4v) is 2.71. The van der Waals surface area contributed by atoms with Crippen LogP contribution >= 0.6 is 0 Å². The minimum absolute atomic E-state index is 0.0243. The Morgan fingerprint density at radius 1 is 1.37 bits per heavy atom. The number of para-hydroxylation sites is 1.